The molecular weight excluding hydrogens is 314 g/mol. The van der Waals surface area contributed by atoms with Crippen molar-refractivity contribution in [1.82, 2.24) is 5.16 Å². The molecule has 122 valence electrons. The van der Waals surface area contributed by atoms with Crippen LogP contribution < -0.4 is 11.1 Å². The number of hydrogen-bond acceptors (Lipinski definition) is 5. The minimum absolute atomic E-state index is 0.190. The number of rotatable bonds is 4. The van der Waals surface area contributed by atoms with Crippen molar-refractivity contribution in [3.05, 3.63) is 33.5 Å². The van der Waals surface area contributed by atoms with Crippen molar-refractivity contribution in [1.29, 1.82) is 0 Å². The summed E-state index contributed by atoms with van der Waals surface area (Å²) in [5, 5.41) is 6.98. The van der Waals surface area contributed by atoms with Crippen LogP contribution in [0.3, 0.4) is 0 Å². The second kappa shape index (κ2) is 6.16. The van der Waals surface area contributed by atoms with Gasteiger partial charge in [-0.15, -0.1) is 11.3 Å². The quantitative estimate of drug-likeness (QED) is 0.898. The molecule has 0 bridgehead atoms. The normalized spacial score (nSPS) is 16.9. The zero-order valence-electron chi connectivity index (χ0n) is 13.1. The number of nitrogens with two attached hydrogens (primary N) is 1. The van der Waals surface area contributed by atoms with Crippen LogP contribution in [-0.4, -0.2) is 17.0 Å². The van der Waals surface area contributed by atoms with Gasteiger partial charge in [0.2, 0.25) is 0 Å². The van der Waals surface area contributed by atoms with Crippen molar-refractivity contribution in [3.63, 3.8) is 0 Å². The number of carbonyl (C=O) groups is 2. The van der Waals surface area contributed by atoms with Crippen LogP contribution in [0.15, 0.2) is 10.6 Å². The van der Waals surface area contributed by atoms with E-state index in [1.165, 1.54) is 11.3 Å². The molecule has 0 aliphatic heterocycles. The van der Waals surface area contributed by atoms with Gasteiger partial charge < -0.3 is 15.6 Å². The average Bonchev–Trinajstić information content (AvgIpc) is 3.09. The fourth-order valence-corrected chi connectivity index (χ4v) is 4.35. The first-order valence-corrected chi connectivity index (χ1v) is 8.50. The fraction of sp³-hybridized carbons (Fsp3) is 0.438. The summed E-state index contributed by atoms with van der Waals surface area (Å²) >= 11 is 1.45. The van der Waals surface area contributed by atoms with E-state index in [0.29, 0.717) is 22.2 Å². The topological polar surface area (TPSA) is 98.2 Å². The first-order chi connectivity index (χ1) is 11.0. The van der Waals surface area contributed by atoms with Gasteiger partial charge in [-0.25, -0.2) is 0 Å². The maximum absolute atomic E-state index is 12.3. The SMILES string of the molecule is CC[C@H]1CCc2c(sc(NC(=O)c3cc(C)on3)c2C(N)=O)C1. The number of aromatic nitrogens is 1. The molecular formula is C16H19N3O3S. The smallest absolute Gasteiger partial charge is 0.278 e. The molecule has 2 amide bonds. The third-order valence-corrected chi connectivity index (χ3v) is 5.45. The second-order valence-corrected chi connectivity index (χ2v) is 6.97. The Balaban J connectivity index is 1.91. The number of nitrogens with one attached hydrogen (secondary N) is 1. The molecule has 0 fully saturated rings. The molecule has 2 heterocycles. The van der Waals surface area contributed by atoms with Crippen molar-refractivity contribution in [2.24, 2.45) is 11.7 Å². The number of carbonyl (C=O) groups excluding carboxylic acids is 2. The molecule has 6 nitrogen and oxygen atoms in total. The van der Waals surface area contributed by atoms with Crippen LogP contribution in [0.2, 0.25) is 0 Å². The molecule has 23 heavy (non-hydrogen) atoms. The summed E-state index contributed by atoms with van der Waals surface area (Å²) in [6.07, 6.45) is 3.94. The van der Waals surface area contributed by atoms with Gasteiger partial charge in [0.25, 0.3) is 11.8 Å². The first-order valence-electron chi connectivity index (χ1n) is 7.68. The van der Waals surface area contributed by atoms with Gasteiger partial charge in [0.15, 0.2) is 5.69 Å². The number of fused-ring (bicyclic) bond motifs is 1. The Morgan fingerprint density at radius 3 is 2.91 bits per heavy atom. The van der Waals surface area contributed by atoms with E-state index in [9.17, 15) is 9.59 Å². The summed E-state index contributed by atoms with van der Waals surface area (Å²) in [5.41, 5.74) is 7.19. The fourth-order valence-electron chi connectivity index (χ4n) is 2.99. The zero-order chi connectivity index (χ0) is 16.6. The van der Waals surface area contributed by atoms with Gasteiger partial charge in [-0.05, 0) is 37.7 Å². The van der Waals surface area contributed by atoms with Crippen molar-refractivity contribution < 1.29 is 14.1 Å². The lowest BCUT2D eigenvalue weighted by Crippen LogP contribution is -2.19. The number of thiophene rings is 1. The van der Waals surface area contributed by atoms with Gasteiger partial charge in [-0.2, -0.15) is 0 Å². The number of amides is 2. The maximum Gasteiger partial charge on any atom is 0.278 e. The molecule has 1 atom stereocenters. The third kappa shape index (κ3) is 3.01. The number of aryl methyl sites for hydroxylation is 1. The van der Waals surface area contributed by atoms with E-state index in [0.717, 1.165) is 36.1 Å². The summed E-state index contributed by atoms with van der Waals surface area (Å²) in [7, 11) is 0. The van der Waals surface area contributed by atoms with E-state index >= 15 is 0 Å². The number of hydrogen-bond donors (Lipinski definition) is 2. The monoisotopic (exact) mass is 333 g/mol. The van der Waals surface area contributed by atoms with Crippen LogP contribution in [0.4, 0.5) is 5.00 Å². The molecule has 2 aromatic heterocycles. The summed E-state index contributed by atoms with van der Waals surface area (Å²) < 4.78 is 4.91. The molecule has 0 aromatic carbocycles. The van der Waals surface area contributed by atoms with Gasteiger partial charge in [-0.3, -0.25) is 9.59 Å². The van der Waals surface area contributed by atoms with E-state index in [1.807, 2.05) is 0 Å². The predicted molar refractivity (Wildman–Crippen MR) is 87.8 cm³/mol. The number of anilines is 1. The highest BCUT2D eigenvalue weighted by Crippen LogP contribution is 2.40. The minimum atomic E-state index is -0.496. The lowest BCUT2D eigenvalue weighted by atomic mass is 9.85. The minimum Gasteiger partial charge on any atom is -0.365 e. The van der Waals surface area contributed by atoms with Gasteiger partial charge in [0.1, 0.15) is 10.8 Å². The summed E-state index contributed by atoms with van der Waals surface area (Å²) in [5.74, 6) is 0.296. The largest absolute Gasteiger partial charge is 0.365 e. The van der Waals surface area contributed by atoms with Gasteiger partial charge in [-0.1, -0.05) is 18.5 Å². The molecule has 7 heteroatoms. The lowest BCUT2D eigenvalue weighted by Gasteiger charge is -2.20. The van der Waals surface area contributed by atoms with Crippen LogP contribution in [0.5, 0.6) is 0 Å². The van der Waals surface area contributed by atoms with Crippen LogP contribution in [0, 0.1) is 12.8 Å². The van der Waals surface area contributed by atoms with E-state index in [1.54, 1.807) is 13.0 Å². The van der Waals surface area contributed by atoms with E-state index < -0.39 is 11.8 Å². The van der Waals surface area contributed by atoms with Gasteiger partial charge in [0, 0.05) is 10.9 Å². The third-order valence-electron chi connectivity index (χ3n) is 4.28. The molecule has 3 rings (SSSR count). The first kappa shape index (κ1) is 15.7. The average molecular weight is 333 g/mol. The molecule has 0 saturated heterocycles. The van der Waals surface area contributed by atoms with Crippen LogP contribution in [-0.2, 0) is 12.8 Å². The Morgan fingerprint density at radius 2 is 2.30 bits per heavy atom. The van der Waals surface area contributed by atoms with E-state index in [2.05, 4.69) is 17.4 Å². The van der Waals surface area contributed by atoms with E-state index in [-0.39, 0.29) is 5.69 Å². The molecule has 0 radical (unpaired) electrons. The Bertz CT molecular complexity index is 763. The molecule has 0 unspecified atom stereocenters. The molecule has 3 N–H and O–H groups in total. The molecule has 1 aliphatic rings. The van der Waals surface area contributed by atoms with Crippen molar-refractivity contribution >= 4 is 28.2 Å². The summed E-state index contributed by atoms with van der Waals surface area (Å²) in [6.45, 7) is 3.89. The second-order valence-electron chi connectivity index (χ2n) is 5.87. The summed E-state index contributed by atoms with van der Waals surface area (Å²) in [4.78, 5) is 25.3. The van der Waals surface area contributed by atoms with Gasteiger partial charge >= 0.3 is 0 Å². The van der Waals surface area contributed by atoms with Crippen molar-refractivity contribution in [3.8, 4) is 0 Å². The highest BCUT2D eigenvalue weighted by Gasteiger charge is 2.28. The van der Waals surface area contributed by atoms with Crippen LogP contribution >= 0.6 is 11.3 Å². The highest BCUT2D eigenvalue weighted by atomic mass is 32.1. The zero-order valence-corrected chi connectivity index (χ0v) is 14.0. The van der Waals surface area contributed by atoms with Crippen molar-refractivity contribution in [2.75, 3.05) is 5.32 Å². The molecule has 0 spiro atoms. The van der Waals surface area contributed by atoms with Crippen LogP contribution in [0.1, 0.15) is 56.8 Å². The van der Waals surface area contributed by atoms with Crippen LogP contribution in [0.25, 0.3) is 0 Å². The molecule has 1 aliphatic carbocycles. The van der Waals surface area contributed by atoms with Gasteiger partial charge in [0.05, 0.1) is 5.56 Å². The number of nitrogens with zero attached hydrogens (tertiary/aromatic N) is 1. The van der Waals surface area contributed by atoms with Crippen molar-refractivity contribution in [2.45, 2.75) is 39.5 Å². The maximum atomic E-state index is 12.3. The Kier molecular flexibility index (Phi) is 4.21. The Hall–Kier alpha value is -2.15. The Morgan fingerprint density at radius 1 is 1.52 bits per heavy atom. The standard InChI is InChI=1S/C16H19N3O3S/c1-3-9-4-5-10-12(7-9)23-16(13(10)14(17)20)18-15(21)11-6-8(2)22-19-11/h6,9H,3-5,7H2,1-2H3,(H2,17,20)(H,18,21)/t9-/m0/s1. The highest BCUT2D eigenvalue weighted by molar-refractivity contribution is 7.17. The number of primary amides is 1. The predicted octanol–water partition coefficient (Wildman–Crippen LogP) is 2.91. The summed E-state index contributed by atoms with van der Waals surface area (Å²) in [6, 6.07) is 1.56. The lowest BCUT2D eigenvalue weighted by molar-refractivity contribution is 0.1000. The molecule has 2 aromatic rings. The Labute approximate surface area is 138 Å². The molecule has 0 saturated carbocycles. The van der Waals surface area contributed by atoms with E-state index in [4.69, 9.17) is 10.3 Å².